The quantitative estimate of drug-likeness (QED) is 0.456. The maximum Gasteiger partial charge on any atom is 0.412 e. The first-order valence-electron chi connectivity index (χ1n) is 7.43. The number of carbonyl (C=O) groups is 1. The second kappa shape index (κ2) is 8.09. The fourth-order valence-electron chi connectivity index (χ4n) is 2.26. The average molecular weight is 353 g/mol. The van der Waals surface area contributed by atoms with E-state index in [0.29, 0.717) is 0 Å². The smallest absolute Gasteiger partial charge is 0.412 e. The van der Waals surface area contributed by atoms with E-state index in [0.717, 1.165) is 4.57 Å². The third kappa shape index (κ3) is 4.15. The normalized spacial score (nSPS) is 25.4. The Morgan fingerprint density at radius 1 is 1.48 bits per heavy atom. The molecule has 2 rings (SSSR count). The Morgan fingerprint density at radius 3 is 2.76 bits per heavy atom. The van der Waals surface area contributed by atoms with Gasteiger partial charge in [-0.3, -0.25) is 9.88 Å². The minimum Gasteiger partial charge on any atom is -0.447 e. The van der Waals surface area contributed by atoms with Crippen LogP contribution in [0.1, 0.15) is 18.7 Å². The predicted octanol–water partition coefficient (Wildman–Crippen LogP) is -0.941. The lowest BCUT2D eigenvalue weighted by molar-refractivity contribution is -0.0350. The number of anilines is 1. The van der Waals surface area contributed by atoms with Crippen LogP contribution in [0.25, 0.3) is 0 Å². The second-order valence-corrected chi connectivity index (χ2v) is 5.30. The molecule has 2 heterocycles. The van der Waals surface area contributed by atoms with Crippen molar-refractivity contribution in [2.45, 2.75) is 31.5 Å². The van der Waals surface area contributed by atoms with Crippen LogP contribution in [0.3, 0.4) is 0 Å². The Kier molecular flexibility index (Phi) is 6.11. The maximum absolute atomic E-state index is 12.2. The monoisotopic (exact) mass is 353 g/mol. The van der Waals surface area contributed by atoms with Crippen molar-refractivity contribution in [3.8, 4) is 12.3 Å². The highest BCUT2D eigenvalue weighted by molar-refractivity contribution is 5.84. The summed E-state index contributed by atoms with van der Waals surface area (Å²) >= 11 is 0. The molecule has 10 heteroatoms. The third-order valence-corrected chi connectivity index (χ3v) is 3.60. The number of methoxy groups -OCH3 is 1. The molecule has 0 bridgehead atoms. The Balaban J connectivity index is 2.23. The van der Waals surface area contributed by atoms with Gasteiger partial charge in [0.05, 0.1) is 18.3 Å². The van der Waals surface area contributed by atoms with Crippen LogP contribution in [0, 0.1) is 12.3 Å². The number of nitrogens with one attached hydrogen (secondary N) is 1. The van der Waals surface area contributed by atoms with Crippen molar-refractivity contribution in [1.82, 2.24) is 9.55 Å². The minimum absolute atomic E-state index is 0.0165. The molecule has 136 valence electrons. The average Bonchev–Trinajstić information content (AvgIpc) is 2.83. The van der Waals surface area contributed by atoms with E-state index in [1.54, 1.807) is 6.92 Å². The molecule has 1 saturated heterocycles. The molecule has 1 aliphatic heterocycles. The predicted molar refractivity (Wildman–Crippen MR) is 84.9 cm³/mol. The molecule has 0 aromatic carbocycles. The van der Waals surface area contributed by atoms with Crippen LogP contribution in [-0.4, -0.2) is 64.5 Å². The van der Waals surface area contributed by atoms with Gasteiger partial charge < -0.3 is 24.4 Å². The fraction of sp³-hybridized carbons (Fsp3) is 0.533. The van der Waals surface area contributed by atoms with Gasteiger partial charge in [-0.25, -0.2) is 9.59 Å². The van der Waals surface area contributed by atoms with Crippen molar-refractivity contribution < 1.29 is 29.2 Å². The molecule has 1 aromatic heterocycles. The lowest BCUT2D eigenvalue weighted by atomic mass is 10.1. The van der Waals surface area contributed by atoms with Gasteiger partial charge in [0.25, 0.3) is 0 Å². The highest BCUT2D eigenvalue weighted by atomic mass is 16.6. The van der Waals surface area contributed by atoms with Crippen molar-refractivity contribution in [3.05, 3.63) is 22.2 Å². The molecule has 0 aliphatic carbocycles. The van der Waals surface area contributed by atoms with Crippen LogP contribution in [0.5, 0.6) is 0 Å². The van der Waals surface area contributed by atoms with E-state index in [9.17, 15) is 19.8 Å². The van der Waals surface area contributed by atoms with Gasteiger partial charge in [0.1, 0.15) is 18.8 Å². The van der Waals surface area contributed by atoms with E-state index in [2.05, 4.69) is 16.2 Å². The topological polar surface area (TPSA) is 132 Å². The van der Waals surface area contributed by atoms with E-state index in [-0.39, 0.29) is 24.6 Å². The zero-order valence-electron chi connectivity index (χ0n) is 13.7. The second-order valence-electron chi connectivity index (χ2n) is 5.30. The summed E-state index contributed by atoms with van der Waals surface area (Å²) in [6.07, 6.45) is 1.46. The molecule has 3 N–H and O–H groups in total. The standard InChI is InChI=1S/C15H19N3O7/c1-4-9-7-18(13-11(20)10(19)8(2)25-13)14(21)16-12(9)17-15(22)24-6-5-23-3/h1,7-8,10-11,13,19-20H,5-6H2,2-3H3,(H,16,17,21,22)/t8-,10?,11?,13-/m1/s1. The molecular formula is C15H19N3O7. The number of aliphatic hydroxyl groups is 2. The van der Waals surface area contributed by atoms with Crippen molar-refractivity contribution >= 4 is 11.9 Å². The number of aliphatic hydroxyl groups excluding tert-OH is 2. The molecule has 1 aliphatic rings. The van der Waals surface area contributed by atoms with Gasteiger partial charge in [-0.15, -0.1) is 6.42 Å². The number of amides is 1. The van der Waals surface area contributed by atoms with E-state index >= 15 is 0 Å². The zero-order chi connectivity index (χ0) is 18.6. The van der Waals surface area contributed by atoms with Crippen LogP contribution in [0.2, 0.25) is 0 Å². The lowest BCUT2D eigenvalue weighted by Crippen LogP contribution is -2.36. The summed E-state index contributed by atoms with van der Waals surface area (Å²) < 4.78 is 15.9. The number of aromatic nitrogens is 2. The molecule has 10 nitrogen and oxygen atoms in total. The summed E-state index contributed by atoms with van der Waals surface area (Å²) in [5.41, 5.74) is -0.746. The zero-order valence-corrected chi connectivity index (χ0v) is 13.7. The van der Waals surface area contributed by atoms with Crippen molar-refractivity contribution in [3.63, 3.8) is 0 Å². The Hall–Kier alpha value is -2.45. The number of ether oxygens (including phenoxy) is 3. The molecule has 1 aromatic rings. The van der Waals surface area contributed by atoms with E-state index < -0.39 is 36.3 Å². The number of hydrogen-bond donors (Lipinski definition) is 3. The largest absolute Gasteiger partial charge is 0.447 e. The first kappa shape index (κ1) is 18.9. The molecule has 4 atom stereocenters. The van der Waals surface area contributed by atoms with Gasteiger partial charge >= 0.3 is 11.8 Å². The molecule has 0 spiro atoms. The van der Waals surface area contributed by atoms with Gasteiger partial charge in [0, 0.05) is 13.3 Å². The summed E-state index contributed by atoms with van der Waals surface area (Å²) in [4.78, 5) is 27.5. The third-order valence-electron chi connectivity index (χ3n) is 3.60. The lowest BCUT2D eigenvalue weighted by Gasteiger charge is -2.18. The van der Waals surface area contributed by atoms with E-state index in [1.807, 2.05) is 0 Å². The summed E-state index contributed by atoms with van der Waals surface area (Å²) in [6.45, 7) is 1.78. The van der Waals surface area contributed by atoms with Gasteiger partial charge in [-0.2, -0.15) is 4.98 Å². The molecule has 0 saturated carbocycles. The van der Waals surface area contributed by atoms with Crippen LogP contribution in [0.4, 0.5) is 10.6 Å². The number of hydrogen-bond acceptors (Lipinski definition) is 8. The summed E-state index contributed by atoms with van der Waals surface area (Å²) in [5, 5.41) is 22.0. The van der Waals surface area contributed by atoms with Crippen molar-refractivity contribution in [2.24, 2.45) is 0 Å². The molecule has 2 unspecified atom stereocenters. The SMILES string of the molecule is C#Cc1cn([C@@H]2O[C@H](C)C(O)C2O)c(=O)nc1NC(=O)OCCOC. The first-order valence-corrected chi connectivity index (χ1v) is 7.43. The summed E-state index contributed by atoms with van der Waals surface area (Å²) in [5.74, 6) is 2.12. The van der Waals surface area contributed by atoms with Crippen molar-refractivity contribution in [2.75, 3.05) is 25.6 Å². The molecular weight excluding hydrogens is 334 g/mol. The number of nitrogens with zero attached hydrogens (tertiary/aromatic N) is 2. The minimum atomic E-state index is -1.32. The fourth-order valence-corrected chi connectivity index (χ4v) is 2.26. The van der Waals surface area contributed by atoms with Crippen LogP contribution < -0.4 is 11.0 Å². The van der Waals surface area contributed by atoms with Gasteiger partial charge in [0.2, 0.25) is 0 Å². The highest BCUT2D eigenvalue weighted by Crippen LogP contribution is 2.28. The molecule has 0 radical (unpaired) electrons. The molecule has 1 fully saturated rings. The van der Waals surface area contributed by atoms with E-state index in [1.165, 1.54) is 13.3 Å². The van der Waals surface area contributed by atoms with E-state index in [4.69, 9.17) is 20.6 Å². The first-order chi connectivity index (χ1) is 11.9. The number of carbonyl (C=O) groups excluding carboxylic acids is 1. The molecule has 1 amide bonds. The maximum atomic E-state index is 12.2. The van der Waals surface area contributed by atoms with Crippen LogP contribution in [0.15, 0.2) is 11.0 Å². The van der Waals surface area contributed by atoms with Gasteiger partial charge in [-0.1, -0.05) is 5.92 Å². The summed E-state index contributed by atoms with van der Waals surface area (Å²) in [6, 6.07) is 0. The Labute approximate surface area is 143 Å². The van der Waals surface area contributed by atoms with Gasteiger partial charge in [0.15, 0.2) is 12.0 Å². The highest BCUT2D eigenvalue weighted by Gasteiger charge is 2.42. The summed E-state index contributed by atoms with van der Waals surface area (Å²) in [7, 11) is 1.45. The Bertz CT molecular complexity index is 727. The molecule has 25 heavy (non-hydrogen) atoms. The van der Waals surface area contributed by atoms with Gasteiger partial charge in [-0.05, 0) is 6.92 Å². The number of rotatable bonds is 5. The Morgan fingerprint density at radius 2 is 2.20 bits per heavy atom. The van der Waals surface area contributed by atoms with Crippen molar-refractivity contribution in [1.29, 1.82) is 0 Å². The number of terminal acetylenes is 1. The van der Waals surface area contributed by atoms with Crippen LogP contribution >= 0.6 is 0 Å². The van der Waals surface area contributed by atoms with Crippen LogP contribution in [-0.2, 0) is 14.2 Å².